The summed E-state index contributed by atoms with van der Waals surface area (Å²) in [6.45, 7) is 0. The lowest BCUT2D eigenvalue weighted by Gasteiger charge is -2.28. The molecule has 74 valence electrons. The Morgan fingerprint density at radius 3 is 2.36 bits per heavy atom. The fourth-order valence-corrected chi connectivity index (χ4v) is 3.51. The minimum atomic E-state index is 0.427. The van der Waals surface area contributed by atoms with Gasteiger partial charge in [0.25, 0.3) is 0 Å². The lowest BCUT2D eigenvalue weighted by molar-refractivity contribution is 0.366. The summed E-state index contributed by atoms with van der Waals surface area (Å²) in [5.74, 6) is 2.33. The summed E-state index contributed by atoms with van der Waals surface area (Å²) in [5, 5.41) is 0. The van der Waals surface area contributed by atoms with Crippen LogP contribution < -0.4 is 5.73 Å². The maximum atomic E-state index is 6.30. The second-order valence-electron chi connectivity index (χ2n) is 4.85. The monoisotopic (exact) mass is 187 g/mol. The molecule has 1 aromatic carbocycles. The molecule has 0 radical (unpaired) electrons. The van der Waals surface area contributed by atoms with Crippen molar-refractivity contribution in [2.45, 2.75) is 31.2 Å². The van der Waals surface area contributed by atoms with Gasteiger partial charge in [0.1, 0.15) is 0 Å². The van der Waals surface area contributed by atoms with Gasteiger partial charge in [-0.25, -0.2) is 0 Å². The van der Waals surface area contributed by atoms with Crippen LogP contribution >= 0.6 is 0 Å². The molecule has 2 bridgehead atoms. The molecule has 0 spiro atoms. The average molecular weight is 187 g/mol. The lowest BCUT2D eigenvalue weighted by Crippen LogP contribution is -2.33. The van der Waals surface area contributed by atoms with E-state index in [0.29, 0.717) is 12.0 Å². The van der Waals surface area contributed by atoms with E-state index < -0.39 is 0 Å². The van der Waals surface area contributed by atoms with E-state index in [1.165, 1.54) is 24.8 Å². The number of benzene rings is 1. The van der Waals surface area contributed by atoms with E-state index in [1.807, 2.05) is 0 Å². The normalized spacial score (nSPS) is 40.4. The Morgan fingerprint density at radius 2 is 1.71 bits per heavy atom. The molecular formula is C13H17N. The third-order valence-electron chi connectivity index (χ3n) is 4.17. The van der Waals surface area contributed by atoms with Crippen molar-refractivity contribution in [3.8, 4) is 0 Å². The maximum Gasteiger partial charge on any atom is 0.0139 e. The number of rotatable bonds is 1. The van der Waals surface area contributed by atoms with Crippen LogP contribution in [0.25, 0.3) is 0 Å². The predicted molar refractivity (Wildman–Crippen MR) is 58.0 cm³/mol. The highest BCUT2D eigenvalue weighted by atomic mass is 14.7. The van der Waals surface area contributed by atoms with Crippen molar-refractivity contribution >= 4 is 0 Å². The Morgan fingerprint density at radius 1 is 1.00 bits per heavy atom. The summed E-state index contributed by atoms with van der Waals surface area (Å²) in [5.41, 5.74) is 7.76. The molecule has 3 rings (SSSR count). The van der Waals surface area contributed by atoms with Gasteiger partial charge in [-0.1, -0.05) is 30.3 Å². The molecule has 0 aromatic heterocycles. The summed E-state index contributed by atoms with van der Waals surface area (Å²) in [6, 6.07) is 11.3. The molecular weight excluding hydrogens is 170 g/mol. The van der Waals surface area contributed by atoms with Gasteiger partial charge in [-0.2, -0.15) is 0 Å². The van der Waals surface area contributed by atoms with Crippen molar-refractivity contribution in [3.05, 3.63) is 35.9 Å². The molecule has 1 aromatic rings. The first kappa shape index (κ1) is 8.49. The van der Waals surface area contributed by atoms with E-state index in [2.05, 4.69) is 30.3 Å². The van der Waals surface area contributed by atoms with Crippen LogP contribution in [0, 0.1) is 11.8 Å². The molecule has 2 aliphatic carbocycles. The molecule has 0 amide bonds. The van der Waals surface area contributed by atoms with E-state index in [4.69, 9.17) is 5.73 Å². The van der Waals surface area contributed by atoms with Gasteiger partial charge in [-0.3, -0.25) is 0 Å². The molecule has 4 atom stereocenters. The predicted octanol–water partition coefficient (Wildman–Crippen LogP) is 2.53. The Hall–Kier alpha value is -0.820. The van der Waals surface area contributed by atoms with E-state index in [0.717, 1.165) is 11.8 Å². The minimum absolute atomic E-state index is 0.427. The second kappa shape index (κ2) is 3.09. The SMILES string of the molecule is NC1C(c2ccccc2)[C@H]2CC[C@@H]1C2. The van der Waals surface area contributed by atoms with E-state index >= 15 is 0 Å². The van der Waals surface area contributed by atoms with Crippen LogP contribution in [-0.2, 0) is 0 Å². The summed E-state index contributed by atoms with van der Waals surface area (Å²) >= 11 is 0. The third kappa shape index (κ3) is 1.12. The summed E-state index contributed by atoms with van der Waals surface area (Å²) in [7, 11) is 0. The number of hydrogen-bond acceptors (Lipinski definition) is 1. The Bertz CT molecular complexity index is 317. The molecule has 2 fully saturated rings. The van der Waals surface area contributed by atoms with Crippen LogP contribution in [0.2, 0.25) is 0 Å². The number of fused-ring (bicyclic) bond motifs is 2. The van der Waals surface area contributed by atoms with Crippen molar-refractivity contribution < 1.29 is 0 Å². The van der Waals surface area contributed by atoms with Gasteiger partial charge in [0, 0.05) is 12.0 Å². The zero-order valence-electron chi connectivity index (χ0n) is 8.39. The highest BCUT2D eigenvalue weighted by Crippen LogP contribution is 2.51. The van der Waals surface area contributed by atoms with E-state index in [1.54, 1.807) is 0 Å². The standard InChI is InChI=1S/C13H17N/c14-13-11-7-6-10(8-11)12(13)9-4-2-1-3-5-9/h1-5,10-13H,6-8,14H2/t10-,11+,12?,13?/m0/s1. The molecule has 14 heavy (non-hydrogen) atoms. The van der Waals surface area contributed by atoms with Crippen LogP contribution in [-0.4, -0.2) is 6.04 Å². The van der Waals surface area contributed by atoms with Crippen molar-refractivity contribution in [1.82, 2.24) is 0 Å². The van der Waals surface area contributed by atoms with Crippen LogP contribution in [0.15, 0.2) is 30.3 Å². The van der Waals surface area contributed by atoms with Gasteiger partial charge in [0.15, 0.2) is 0 Å². The van der Waals surface area contributed by atoms with Crippen LogP contribution in [0.3, 0.4) is 0 Å². The molecule has 2 unspecified atom stereocenters. The quantitative estimate of drug-likeness (QED) is 0.718. The van der Waals surface area contributed by atoms with Gasteiger partial charge in [-0.05, 0) is 36.7 Å². The molecule has 1 nitrogen and oxygen atoms in total. The Balaban J connectivity index is 1.93. The van der Waals surface area contributed by atoms with Crippen LogP contribution in [0.4, 0.5) is 0 Å². The van der Waals surface area contributed by atoms with Crippen molar-refractivity contribution in [1.29, 1.82) is 0 Å². The second-order valence-corrected chi connectivity index (χ2v) is 4.85. The Kier molecular flexibility index (Phi) is 1.88. The molecule has 2 aliphatic rings. The third-order valence-corrected chi connectivity index (χ3v) is 4.17. The molecule has 1 heteroatoms. The van der Waals surface area contributed by atoms with Gasteiger partial charge >= 0.3 is 0 Å². The topological polar surface area (TPSA) is 26.0 Å². The zero-order valence-corrected chi connectivity index (χ0v) is 8.39. The molecule has 0 aliphatic heterocycles. The fraction of sp³-hybridized carbons (Fsp3) is 0.538. The van der Waals surface area contributed by atoms with Gasteiger partial charge < -0.3 is 5.73 Å². The number of nitrogens with two attached hydrogens (primary N) is 1. The molecule has 2 saturated carbocycles. The van der Waals surface area contributed by atoms with Crippen molar-refractivity contribution in [2.75, 3.05) is 0 Å². The Labute approximate surface area is 85.3 Å². The van der Waals surface area contributed by atoms with Gasteiger partial charge in [0.2, 0.25) is 0 Å². The zero-order chi connectivity index (χ0) is 9.54. The highest BCUT2D eigenvalue weighted by Gasteiger charge is 2.46. The summed E-state index contributed by atoms with van der Waals surface area (Å²) < 4.78 is 0. The molecule has 0 saturated heterocycles. The largest absolute Gasteiger partial charge is 0.327 e. The van der Waals surface area contributed by atoms with Crippen LogP contribution in [0.5, 0.6) is 0 Å². The smallest absolute Gasteiger partial charge is 0.0139 e. The molecule has 2 N–H and O–H groups in total. The van der Waals surface area contributed by atoms with Crippen molar-refractivity contribution in [3.63, 3.8) is 0 Å². The average Bonchev–Trinajstić information content (AvgIpc) is 2.79. The first-order valence-electron chi connectivity index (χ1n) is 5.67. The molecule has 0 heterocycles. The summed E-state index contributed by atoms with van der Waals surface area (Å²) in [4.78, 5) is 0. The minimum Gasteiger partial charge on any atom is -0.327 e. The van der Waals surface area contributed by atoms with E-state index in [9.17, 15) is 0 Å². The first-order chi connectivity index (χ1) is 6.86. The summed E-state index contributed by atoms with van der Waals surface area (Å²) in [6.07, 6.45) is 4.15. The van der Waals surface area contributed by atoms with Crippen LogP contribution in [0.1, 0.15) is 30.7 Å². The first-order valence-corrected chi connectivity index (χ1v) is 5.67. The highest BCUT2D eigenvalue weighted by molar-refractivity contribution is 5.25. The van der Waals surface area contributed by atoms with Crippen molar-refractivity contribution in [2.24, 2.45) is 17.6 Å². The number of hydrogen-bond donors (Lipinski definition) is 1. The van der Waals surface area contributed by atoms with Gasteiger partial charge in [-0.15, -0.1) is 0 Å². The van der Waals surface area contributed by atoms with E-state index in [-0.39, 0.29) is 0 Å². The fourth-order valence-electron chi connectivity index (χ4n) is 3.51. The maximum absolute atomic E-state index is 6.30. The van der Waals surface area contributed by atoms with Gasteiger partial charge in [0.05, 0.1) is 0 Å². The lowest BCUT2D eigenvalue weighted by atomic mass is 9.80.